The summed E-state index contributed by atoms with van der Waals surface area (Å²) in [6.07, 6.45) is 4.88. The van der Waals surface area contributed by atoms with Gasteiger partial charge in [-0.25, -0.2) is 0 Å². The van der Waals surface area contributed by atoms with E-state index in [2.05, 4.69) is 32.0 Å². The van der Waals surface area contributed by atoms with Gasteiger partial charge in [-0.05, 0) is 37.3 Å². The number of rotatable bonds is 5. The van der Waals surface area contributed by atoms with Crippen LogP contribution in [0.25, 0.3) is 0 Å². The van der Waals surface area contributed by atoms with Crippen LogP contribution in [0.15, 0.2) is 18.2 Å². The molecule has 1 aliphatic heterocycles. The van der Waals surface area contributed by atoms with Gasteiger partial charge in [0.15, 0.2) is 0 Å². The summed E-state index contributed by atoms with van der Waals surface area (Å²) in [4.78, 5) is 0. The number of hydrogen-bond donors (Lipinski definition) is 0. The summed E-state index contributed by atoms with van der Waals surface area (Å²) < 4.78 is 5.98. The van der Waals surface area contributed by atoms with Crippen molar-refractivity contribution in [1.29, 1.82) is 0 Å². The molecule has 1 heterocycles. The Balaban J connectivity index is 1.95. The van der Waals surface area contributed by atoms with E-state index in [1.54, 1.807) is 0 Å². The van der Waals surface area contributed by atoms with Gasteiger partial charge in [0.2, 0.25) is 0 Å². The average molecular weight is 253 g/mol. The van der Waals surface area contributed by atoms with E-state index < -0.39 is 0 Å². The van der Waals surface area contributed by atoms with Gasteiger partial charge in [-0.3, -0.25) is 0 Å². The lowest BCUT2D eigenvalue weighted by molar-refractivity contribution is 0.195. The highest BCUT2D eigenvalue weighted by atomic mass is 35.5. The van der Waals surface area contributed by atoms with Gasteiger partial charge >= 0.3 is 0 Å². The van der Waals surface area contributed by atoms with Gasteiger partial charge in [0.05, 0.1) is 0 Å². The van der Waals surface area contributed by atoms with Crippen LogP contribution in [-0.4, -0.2) is 12.0 Å². The fourth-order valence-corrected chi connectivity index (χ4v) is 2.90. The van der Waals surface area contributed by atoms with E-state index in [1.807, 2.05) is 0 Å². The van der Waals surface area contributed by atoms with E-state index in [9.17, 15) is 0 Å². The van der Waals surface area contributed by atoms with Gasteiger partial charge in [0, 0.05) is 12.3 Å². The molecule has 2 heteroatoms. The van der Waals surface area contributed by atoms with E-state index in [0.29, 0.717) is 12.0 Å². The van der Waals surface area contributed by atoms with Crippen LogP contribution in [0, 0.1) is 12.8 Å². The molecule has 2 rings (SSSR count). The number of benzene rings is 1. The van der Waals surface area contributed by atoms with Crippen molar-refractivity contribution in [3.8, 4) is 5.75 Å². The van der Waals surface area contributed by atoms with Crippen LogP contribution in [-0.2, 0) is 6.42 Å². The van der Waals surface area contributed by atoms with E-state index >= 15 is 0 Å². The molecular formula is C15H21ClO. The number of fused-ring (bicyclic) bond motifs is 1. The third-order valence-electron chi connectivity index (χ3n) is 3.47. The lowest BCUT2D eigenvalue weighted by Crippen LogP contribution is -2.19. The smallest absolute Gasteiger partial charge is 0.123 e. The Morgan fingerprint density at radius 2 is 2.29 bits per heavy atom. The first-order valence-electron chi connectivity index (χ1n) is 6.55. The highest BCUT2D eigenvalue weighted by molar-refractivity contribution is 6.18. The summed E-state index contributed by atoms with van der Waals surface area (Å²) >= 11 is 6.01. The highest BCUT2D eigenvalue weighted by Gasteiger charge is 2.25. The Morgan fingerprint density at radius 3 is 3.00 bits per heavy atom. The molecule has 1 aromatic rings. The maximum absolute atomic E-state index is 6.01. The summed E-state index contributed by atoms with van der Waals surface area (Å²) in [6, 6.07) is 6.46. The zero-order chi connectivity index (χ0) is 12.3. The fourth-order valence-electron chi connectivity index (χ4n) is 2.62. The number of hydrogen-bond acceptors (Lipinski definition) is 1. The summed E-state index contributed by atoms with van der Waals surface area (Å²) in [7, 11) is 0. The van der Waals surface area contributed by atoms with Crippen LogP contribution in [0.5, 0.6) is 5.75 Å². The minimum Gasteiger partial charge on any atom is -0.490 e. The molecule has 0 spiro atoms. The molecule has 0 aromatic heterocycles. The van der Waals surface area contributed by atoms with Crippen molar-refractivity contribution in [2.75, 3.05) is 5.88 Å². The number of alkyl halides is 1. The molecule has 0 aliphatic carbocycles. The molecule has 0 saturated carbocycles. The molecule has 1 aromatic carbocycles. The van der Waals surface area contributed by atoms with Gasteiger partial charge in [0.25, 0.3) is 0 Å². The molecule has 0 saturated heterocycles. The Morgan fingerprint density at radius 1 is 1.47 bits per heavy atom. The molecule has 0 radical (unpaired) electrons. The maximum atomic E-state index is 6.01. The van der Waals surface area contributed by atoms with Crippen molar-refractivity contribution in [3.05, 3.63) is 29.3 Å². The molecule has 17 heavy (non-hydrogen) atoms. The van der Waals surface area contributed by atoms with Crippen LogP contribution in [0.1, 0.15) is 37.3 Å². The predicted molar refractivity (Wildman–Crippen MR) is 73.0 cm³/mol. The normalized spacial score (nSPS) is 19.8. The van der Waals surface area contributed by atoms with E-state index in [-0.39, 0.29) is 0 Å². The van der Waals surface area contributed by atoms with E-state index in [4.69, 9.17) is 16.3 Å². The molecule has 94 valence electrons. The Hall–Kier alpha value is -0.690. The molecule has 1 aliphatic rings. The molecule has 2 unspecified atom stereocenters. The van der Waals surface area contributed by atoms with E-state index in [0.717, 1.165) is 24.5 Å². The second-order valence-corrected chi connectivity index (χ2v) is 5.41. The van der Waals surface area contributed by atoms with Crippen LogP contribution < -0.4 is 4.74 Å². The van der Waals surface area contributed by atoms with Gasteiger partial charge in [-0.1, -0.05) is 31.0 Å². The fraction of sp³-hybridized carbons (Fsp3) is 0.600. The zero-order valence-electron chi connectivity index (χ0n) is 10.7. The molecule has 1 nitrogen and oxygen atoms in total. The van der Waals surface area contributed by atoms with Crippen molar-refractivity contribution in [2.45, 2.75) is 45.6 Å². The Bertz CT molecular complexity index is 375. The van der Waals surface area contributed by atoms with Crippen molar-refractivity contribution in [1.82, 2.24) is 0 Å². The zero-order valence-corrected chi connectivity index (χ0v) is 11.5. The molecule has 0 fully saturated rings. The lowest BCUT2D eigenvalue weighted by atomic mass is 9.96. The van der Waals surface area contributed by atoms with Gasteiger partial charge in [0.1, 0.15) is 11.9 Å². The standard InChI is InChI=1S/C15H21ClO/c1-3-4-12(10-16)8-14-9-13-7-11(2)5-6-15(13)17-14/h5-7,12,14H,3-4,8-10H2,1-2H3. The second kappa shape index (κ2) is 5.77. The number of aryl methyl sites for hydroxylation is 1. The topological polar surface area (TPSA) is 9.23 Å². The van der Waals surface area contributed by atoms with Crippen LogP contribution >= 0.6 is 11.6 Å². The van der Waals surface area contributed by atoms with Crippen molar-refractivity contribution in [3.63, 3.8) is 0 Å². The van der Waals surface area contributed by atoms with Gasteiger partial charge in [-0.15, -0.1) is 11.6 Å². The SMILES string of the molecule is CCCC(CCl)CC1Cc2cc(C)ccc2O1. The number of halogens is 1. The van der Waals surface area contributed by atoms with E-state index in [1.165, 1.54) is 24.0 Å². The summed E-state index contributed by atoms with van der Waals surface area (Å²) in [5.74, 6) is 2.43. The predicted octanol–water partition coefficient (Wildman–Crippen LogP) is 4.34. The molecule has 0 N–H and O–H groups in total. The Labute approximate surface area is 109 Å². The molecule has 0 bridgehead atoms. The Kier molecular flexibility index (Phi) is 4.33. The van der Waals surface area contributed by atoms with Gasteiger partial charge in [-0.2, -0.15) is 0 Å². The summed E-state index contributed by atoms with van der Waals surface area (Å²) in [5, 5.41) is 0. The van der Waals surface area contributed by atoms with Crippen molar-refractivity contribution in [2.24, 2.45) is 5.92 Å². The second-order valence-electron chi connectivity index (χ2n) is 5.10. The summed E-state index contributed by atoms with van der Waals surface area (Å²) in [5.41, 5.74) is 2.68. The van der Waals surface area contributed by atoms with Crippen LogP contribution in [0.3, 0.4) is 0 Å². The largest absolute Gasteiger partial charge is 0.490 e. The number of ether oxygens (including phenoxy) is 1. The maximum Gasteiger partial charge on any atom is 0.123 e. The lowest BCUT2D eigenvalue weighted by Gasteiger charge is -2.17. The quantitative estimate of drug-likeness (QED) is 0.709. The molecular weight excluding hydrogens is 232 g/mol. The monoisotopic (exact) mass is 252 g/mol. The minimum atomic E-state index is 0.335. The average Bonchev–Trinajstić information content (AvgIpc) is 2.69. The first kappa shape index (κ1) is 12.8. The summed E-state index contributed by atoms with van der Waals surface area (Å²) in [6.45, 7) is 4.35. The molecule has 2 atom stereocenters. The first-order valence-corrected chi connectivity index (χ1v) is 7.08. The van der Waals surface area contributed by atoms with Crippen LogP contribution in [0.2, 0.25) is 0 Å². The third-order valence-corrected chi connectivity index (χ3v) is 3.91. The minimum absolute atomic E-state index is 0.335. The highest BCUT2D eigenvalue weighted by Crippen LogP contribution is 2.32. The van der Waals surface area contributed by atoms with Crippen molar-refractivity contribution >= 4 is 11.6 Å². The first-order chi connectivity index (χ1) is 8.22. The van der Waals surface area contributed by atoms with Crippen molar-refractivity contribution < 1.29 is 4.74 Å². The third kappa shape index (κ3) is 3.16. The van der Waals surface area contributed by atoms with Gasteiger partial charge < -0.3 is 4.74 Å². The van der Waals surface area contributed by atoms with Crippen LogP contribution in [0.4, 0.5) is 0 Å². The molecule has 0 amide bonds.